The highest BCUT2D eigenvalue weighted by atomic mass is 19.1. The van der Waals surface area contributed by atoms with Crippen molar-refractivity contribution in [2.75, 3.05) is 13.2 Å². The average molecular weight is 465 g/mol. The van der Waals surface area contributed by atoms with Gasteiger partial charge in [-0.2, -0.15) is 0 Å². The number of aromatic nitrogens is 2. The number of halogens is 1. The molecule has 0 aliphatic heterocycles. The molecule has 4 nitrogen and oxygen atoms in total. The van der Waals surface area contributed by atoms with Gasteiger partial charge in [0.15, 0.2) is 5.82 Å². The molecular weight excluding hydrogens is 427 g/mol. The van der Waals surface area contributed by atoms with Crippen LogP contribution in [-0.2, 0) is 0 Å². The molecule has 0 bridgehead atoms. The molecule has 0 aliphatic carbocycles. The Morgan fingerprint density at radius 3 is 1.94 bits per heavy atom. The summed E-state index contributed by atoms with van der Waals surface area (Å²) in [6.45, 7) is 6.94. The summed E-state index contributed by atoms with van der Waals surface area (Å²) in [6.07, 6.45) is 9.66. The van der Waals surface area contributed by atoms with Gasteiger partial charge in [0.2, 0.25) is 0 Å². The maximum absolute atomic E-state index is 14.0. The molecule has 3 rings (SSSR count). The van der Waals surface area contributed by atoms with Crippen molar-refractivity contribution < 1.29 is 13.9 Å². The predicted molar refractivity (Wildman–Crippen MR) is 137 cm³/mol. The van der Waals surface area contributed by atoms with E-state index in [1.807, 2.05) is 74.8 Å². The lowest BCUT2D eigenvalue weighted by Gasteiger charge is -2.15. The smallest absolute Gasteiger partial charge is 0.159 e. The molecule has 2 aromatic carbocycles. The van der Waals surface area contributed by atoms with Crippen molar-refractivity contribution in [2.45, 2.75) is 65.5 Å². The van der Waals surface area contributed by atoms with Crippen LogP contribution in [0.1, 0.15) is 59.3 Å². The van der Waals surface area contributed by atoms with Crippen LogP contribution in [0.5, 0.6) is 11.5 Å². The second-order valence-corrected chi connectivity index (χ2v) is 8.82. The largest absolute Gasteiger partial charge is 0.494 e. The van der Waals surface area contributed by atoms with Gasteiger partial charge in [0.1, 0.15) is 24.3 Å². The zero-order valence-electron chi connectivity index (χ0n) is 20.7. The SMILES string of the molecule is CCCCCCCOc1ccc(-c2cnc(-c3ccc(OCC(F)C(C)CC)cc3)nc2)cc1. The number of benzene rings is 2. The lowest BCUT2D eigenvalue weighted by atomic mass is 10.0. The molecule has 0 amide bonds. The quantitative estimate of drug-likeness (QED) is 0.227. The van der Waals surface area contributed by atoms with Gasteiger partial charge in [-0.25, -0.2) is 14.4 Å². The second kappa shape index (κ2) is 13.7. The summed E-state index contributed by atoms with van der Waals surface area (Å²) in [5.74, 6) is 2.17. The van der Waals surface area contributed by atoms with Gasteiger partial charge in [0, 0.05) is 23.5 Å². The Morgan fingerprint density at radius 2 is 1.32 bits per heavy atom. The van der Waals surface area contributed by atoms with E-state index in [0.29, 0.717) is 11.6 Å². The van der Waals surface area contributed by atoms with Crippen molar-refractivity contribution in [3.05, 3.63) is 60.9 Å². The van der Waals surface area contributed by atoms with Crippen LogP contribution in [0.4, 0.5) is 4.39 Å². The van der Waals surface area contributed by atoms with Crippen molar-refractivity contribution in [1.82, 2.24) is 9.97 Å². The average Bonchev–Trinajstić information content (AvgIpc) is 2.89. The molecular formula is C29H37FN2O2. The molecule has 0 radical (unpaired) electrons. The van der Waals surface area contributed by atoms with Crippen LogP contribution in [0.25, 0.3) is 22.5 Å². The molecule has 3 aromatic rings. The molecule has 182 valence electrons. The van der Waals surface area contributed by atoms with Gasteiger partial charge in [0.25, 0.3) is 0 Å². The normalized spacial score (nSPS) is 12.8. The first-order chi connectivity index (χ1) is 16.6. The van der Waals surface area contributed by atoms with Gasteiger partial charge in [-0.3, -0.25) is 0 Å². The minimum absolute atomic E-state index is 0.00441. The van der Waals surface area contributed by atoms with Gasteiger partial charge >= 0.3 is 0 Å². The first-order valence-electron chi connectivity index (χ1n) is 12.5. The third kappa shape index (κ3) is 7.82. The van der Waals surface area contributed by atoms with Crippen LogP contribution < -0.4 is 9.47 Å². The number of rotatable bonds is 14. The van der Waals surface area contributed by atoms with Crippen LogP contribution in [0.3, 0.4) is 0 Å². The number of unbranched alkanes of at least 4 members (excludes halogenated alkanes) is 4. The van der Waals surface area contributed by atoms with E-state index in [4.69, 9.17) is 9.47 Å². The van der Waals surface area contributed by atoms with Crippen LogP contribution in [0, 0.1) is 5.92 Å². The first-order valence-corrected chi connectivity index (χ1v) is 12.5. The summed E-state index contributed by atoms with van der Waals surface area (Å²) >= 11 is 0. The van der Waals surface area contributed by atoms with Gasteiger partial charge < -0.3 is 9.47 Å². The lowest BCUT2D eigenvalue weighted by molar-refractivity contribution is 0.145. The van der Waals surface area contributed by atoms with E-state index < -0.39 is 6.17 Å². The van der Waals surface area contributed by atoms with Gasteiger partial charge in [-0.1, -0.05) is 65.0 Å². The third-order valence-corrected chi connectivity index (χ3v) is 6.14. The zero-order chi connectivity index (χ0) is 24.2. The molecule has 0 fully saturated rings. The molecule has 5 heteroatoms. The summed E-state index contributed by atoms with van der Waals surface area (Å²) in [5.41, 5.74) is 2.89. The number of alkyl halides is 1. The van der Waals surface area contributed by atoms with Crippen molar-refractivity contribution in [3.63, 3.8) is 0 Å². The Balaban J connectivity index is 1.51. The minimum atomic E-state index is -0.961. The summed E-state index contributed by atoms with van der Waals surface area (Å²) in [7, 11) is 0. The first kappa shape index (κ1) is 25.7. The van der Waals surface area contributed by atoms with Crippen molar-refractivity contribution >= 4 is 0 Å². The predicted octanol–water partition coefficient (Wildman–Crippen LogP) is 7.92. The highest BCUT2D eigenvalue weighted by Crippen LogP contribution is 2.24. The molecule has 0 spiro atoms. The van der Waals surface area contributed by atoms with Gasteiger partial charge in [0.05, 0.1) is 6.61 Å². The molecule has 2 unspecified atom stereocenters. The fraction of sp³-hybridized carbons (Fsp3) is 0.448. The highest BCUT2D eigenvalue weighted by Gasteiger charge is 2.15. The maximum atomic E-state index is 14.0. The van der Waals surface area contributed by atoms with E-state index in [1.165, 1.54) is 25.7 Å². The molecule has 2 atom stereocenters. The van der Waals surface area contributed by atoms with E-state index in [2.05, 4.69) is 16.9 Å². The maximum Gasteiger partial charge on any atom is 0.159 e. The van der Waals surface area contributed by atoms with Crippen LogP contribution in [0.2, 0.25) is 0 Å². The van der Waals surface area contributed by atoms with Crippen LogP contribution >= 0.6 is 0 Å². The standard InChI is InChI=1S/C29H37FN2O2/c1-4-6-7-8-9-18-33-26-14-10-23(11-15-26)25-19-31-29(32-20-25)24-12-16-27(17-13-24)34-21-28(30)22(3)5-2/h10-17,19-20,22,28H,4-9,18,21H2,1-3H3. The fourth-order valence-corrected chi connectivity index (χ4v) is 3.56. The molecule has 0 N–H and O–H groups in total. The van der Waals surface area contributed by atoms with Gasteiger partial charge in [-0.15, -0.1) is 0 Å². The van der Waals surface area contributed by atoms with E-state index >= 15 is 0 Å². The van der Waals surface area contributed by atoms with Crippen LogP contribution in [-0.4, -0.2) is 29.4 Å². The molecule has 0 saturated carbocycles. The number of hydrogen-bond acceptors (Lipinski definition) is 4. The Bertz CT molecular complexity index is 959. The summed E-state index contributed by atoms with van der Waals surface area (Å²) in [4.78, 5) is 9.06. The minimum Gasteiger partial charge on any atom is -0.494 e. The number of hydrogen-bond donors (Lipinski definition) is 0. The van der Waals surface area contributed by atoms with Crippen LogP contribution in [0.15, 0.2) is 60.9 Å². The van der Waals surface area contributed by atoms with E-state index in [9.17, 15) is 4.39 Å². The van der Waals surface area contributed by atoms with Crippen molar-refractivity contribution in [3.8, 4) is 34.0 Å². The van der Waals surface area contributed by atoms with Crippen molar-refractivity contribution in [2.24, 2.45) is 5.92 Å². The number of ether oxygens (including phenoxy) is 2. The topological polar surface area (TPSA) is 44.2 Å². The monoisotopic (exact) mass is 464 g/mol. The molecule has 0 aliphatic rings. The highest BCUT2D eigenvalue weighted by molar-refractivity contribution is 5.64. The molecule has 0 saturated heterocycles. The summed E-state index contributed by atoms with van der Waals surface area (Å²) in [6, 6.07) is 15.5. The van der Waals surface area contributed by atoms with Gasteiger partial charge in [-0.05, 0) is 54.3 Å². The summed E-state index contributed by atoms with van der Waals surface area (Å²) < 4.78 is 25.4. The Morgan fingerprint density at radius 1 is 0.735 bits per heavy atom. The third-order valence-electron chi connectivity index (χ3n) is 6.14. The Kier molecular flexibility index (Phi) is 10.3. The number of nitrogens with zero attached hydrogens (tertiary/aromatic N) is 2. The molecule has 1 heterocycles. The fourth-order valence-electron chi connectivity index (χ4n) is 3.56. The summed E-state index contributed by atoms with van der Waals surface area (Å²) in [5, 5.41) is 0. The van der Waals surface area contributed by atoms with E-state index in [-0.39, 0.29) is 12.5 Å². The van der Waals surface area contributed by atoms with E-state index in [1.54, 1.807) is 0 Å². The van der Waals surface area contributed by atoms with Crippen molar-refractivity contribution in [1.29, 1.82) is 0 Å². The lowest BCUT2D eigenvalue weighted by Crippen LogP contribution is -2.20. The second-order valence-electron chi connectivity index (χ2n) is 8.82. The Hall–Kier alpha value is -2.95. The molecule has 1 aromatic heterocycles. The van der Waals surface area contributed by atoms with E-state index in [0.717, 1.165) is 41.9 Å². The molecule has 34 heavy (non-hydrogen) atoms. The zero-order valence-corrected chi connectivity index (χ0v) is 20.7. The Labute approximate surface area is 203 Å².